The van der Waals surface area contributed by atoms with Crippen molar-refractivity contribution in [3.8, 4) is 0 Å². The van der Waals surface area contributed by atoms with Crippen LogP contribution in [0.2, 0.25) is 0 Å². The Morgan fingerprint density at radius 1 is 0.833 bits per heavy atom. The molecule has 116 valence electrons. The molecule has 1 heterocycles. The predicted molar refractivity (Wildman–Crippen MR) is 103 cm³/mol. The highest BCUT2D eigenvalue weighted by Crippen LogP contribution is 2.33. The molecule has 0 saturated carbocycles. The third-order valence-electron chi connectivity index (χ3n) is 4.14. The van der Waals surface area contributed by atoms with Gasteiger partial charge in [-0.05, 0) is 29.7 Å². The topological polar surface area (TPSA) is 40.5 Å². The number of carbonyl (C=O) groups is 1. The molecule has 24 heavy (non-hydrogen) atoms. The number of benzene rings is 3. The van der Waals surface area contributed by atoms with Crippen LogP contribution in [-0.2, 0) is 0 Å². The lowest BCUT2D eigenvalue weighted by Gasteiger charge is -2.32. The number of anilines is 1. The van der Waals surface area contributed by atoms with Gasteiger partial charge >= 0.3 is 5.97 Å². The number of hydrogen-bond acceptors (Lipinski definition) is 3. The van der Waals surface area contributed by atoms with E-state index in [-0.39, 0.29) is 5.56 Å². The molecule has 0 unspecified atom stereocenters. The third kappa shape index (κ3) is 2.13. The van der Waals surface area contributed by atoms with E-state index in [1.54, 1.807) is 24.3 Å². The van der Waals surface area contributed by atoms with Gasteiger partial charge in [-0.2, -0.15) is 0 Å². The maximum absolute atomic E-state index is 11.0. The summed E-state index contributed by atoms with van der Waals surface area (Å²) in [7, 11) is 0. The molecule has 1 aliphatic heterocycles. The quantitative estimate of drug-likeness (QED) is 0.694. The number of thiocarbonyl (C=S) groups is 2. The Labute approximate surface area is 149 Å². The molecule has 0 saturated heterocycles. The molecule has 0 aliphatic carbocycles. The molecule has 5 heteroatoms. The van der Waals surface area contributed by atoms with Crippen molar-refractivity contribution >= 4 is 56.8 Å². The molecule has 3 aromatic carbocycles. The molecule has 4 rings (SSSR count). The summed E-state index contributed by atoms with van der Waals surface area (Å²) in [6, 6.07) is 18.6. The van der Waals surface area contributed by atoms with E-state index < -0.39 is 5.97 Å². The first-order valence-electron chi connectivity index (χ1n) is 7.32. The lowest BCUT2D eigenvalue weighted by Crippen LogP contribution is -2.39. The molecular formula is C19H11NO2S2. The number of hydrogen-bond donors (Lipinski definition) is 1. The zero-order valence-electron chi connectivity index (χ0n) is 12.4. The molecule has 0 bridgehead atoms. The smallest absolute Gasteiger partial charge is 0.335 e. The van der Waals surface area contributed by atoms with Crippen molar-refractivity contribution in [2.24, 2.45) is 0 Å². The van der Waals surface area contributed by atoms with Crippen LogP contribution < -0.4 is 4.90 Å². The summed E-state index contributed by atoms with van der Waals surface area (Å²) in [5.74, 6) is -0.958. The molecule has 0 radical (unpaired) electrons. The van der Waals surface area contributed by atoms with E-state index in [0.29, 0.717) is 9.98 Å². The second kappa shape index (κ2) is 5.47. The highest BCUT2D eigenvalue weighted by molar-refractivity contribution is 7.83. The fraction of sp³-hybridized carbons (Fsp3) is 0. The highest BCUT2D eigenvalue weighted by Gasteiger charge is 2.28. The molecule has 0 atom stereocenters. The fourth-order valence-corrected chi connectivity index (χ4v) is 3.81. The van der Waals surface area contributed by atoms with Gasteiger partial charge in [-0.15, -0.1) is 0 Å². The Bertz CT molecular complexity index is 974. The molecule has 1 N–H and O–H groups in total. The van der Waals surface area contributed by atoms with E-state index in [0.717, 1.165) is 27.6 Å². The Morgan fingerprint density at radius 3 is 1.88 bits per heavy atom. The minimum Gasteiger partial charge on any atom is -0.478 e. The van der Waals surface area contributed by atoms with Crippen molar-refractivity contribution < 1.29 is 9.90 Å². The van der Waals surface area contributed by atoms with Gasteiger partial charge in [-0.3, -0.25) is 4.90 Å². The predicted octanol–water partition coefficient (Wildman–Crippen LogP) is 4.41. The van der Waals surface area contributed by atoms with Crippen LogP contribution in [0.15, 0.2) is 60.7 Å². The van der Waals surface area contributed by atoms with Gasteiger partial charge in [0, 0.05) is 22.2 Å². The van der Waals surface area contributed by atoms with Crippen molar-refractivity contribution in [3.63, 3.8) is 0 Å². The van der Waals surface area contributed by atoms with Crippen LogP contribution in [0.3, 0.4) is 0 Å². The first-order chi connectivity index (χ1) is 11.6. The molecular weight excluding hydrogens is 338 g/mol. The first-order valence-corrected chi connectivity index (χ1v) is 8.13. The largest absolute Gasteiger partial charge is 0.478 e. The second-order valence-electron chi connectivity index (χ2n) is 5.51. The molecule has 3 aromatic rings. The average molecular weight is 349 g/mol. The van der Waals surface area contributed by atoms with Gasteiger partial charge in [0.05, 0.1) is 5.56 Å². The molecule has 0 spiro atoms. The van der Waals surface area contributed by atoms with Crippen LogP contribution in [0.4, 0.5) is 5.69 Å². The Kier molecular flexibility index (Phi) is 3.40. The maximum Gasteiger partial charge on any atom is 0.335 e. The molecule has 0 fully saturated rings. The van der Waals surface area contributed by atoms with Gasteiger partial charge in [-0.25, -0.2) is 4.79 Å². The van der Waals surface area contributed by atoms with Crippen LogP contribution in [0, 0.1) is 0 Å². The average Bonchev–Trinajstić information content (AvgIpc) is 2.60. The SMILES string of the molecule is O=C(O)c1ccc(N2C(=S)c3cccc4cccc(c34)C2=S)cc1. The first kappa shape index (κ1) is 14.9. The van der Waals surface area contributed by atoms with Gasteiger partial charge in [0.1, 0.15) is 9.98 Å². The lowest BCUT2D eigenvalue weighted by atomic mass is 9.94. The standard InChI is InChI=1S/C19H11NO2S2/c21-19(22)12-7-9-13(10-8-12)20-17(23)14-5-1-3-11-4-2-6-15(16(11)14)18(20)24/h1-10H,(H,21,22). The second-order valence-corrected chi connectivity index (χ2v) is 6.28. The van der Waals surface area contributed by atoms with Gasteiger partial charge in [0.15, 0.2) is 0 Å². The summed E-state index contributed by atoms with van der Waals surface area (Å²) >= 11 is 11.4. The number of carboxylic acids is 1. The minimum atomic E-state index is -0.958. The lowest BCUT2D eigenvalue weighted by molar-refractivity contribution is 0.0697. The van der Waals surface area contributed by atoms with Crippen molar-refractivity contribution in [3.05, 3.63) is 77.4 Å². The van der Waals surface area contributed by atoms with E-state index >= 15 is 0 Å². The van der Waals surface area contributed by atoms with Crippen molar-refractivity contribution in [2.45, 2.75) is 0 Å². The molecule has 0 aromatic heterocycles. The van der Waals surface area contributed by atoms with Crippen LogP contribution in [0.5, 0.6) is 0 Å². The van der Waals surface area contributed by atoms with Gasteiger partial charge in [0.25, 0.3) is 0 Å². The summed E-state index contributed by atoms with van der Waals surface area (Å²) in [6.45, 7) is 0. The molecule has 1 aliphatic rings. The zero-order valence-corrected chi connectivity index (χ0v) is 14.0. The Hall–Kier alpha value is -2.63. The minimum absolute atomic E-state index is 0.232. The van der Waals surface area contributed by atoms with Crippen molar-refractivity contribution in [1.82, 2.24) is 0 Å². The Morgan fingerprint density at radius 2 is 1.38 bits per heavy atom. The van der Waals surface area contributed by atoms with Crippen molar-refractivity contribution in [1.29, 1.82) is 0 Å². The third-order valence-corrected chi connectivity index (χ3v) is 4.95. The van der Waals surface area contributed by atoms with Crippen molar-refractivity contribution in [2.75, 3.05) is 4.90 Å². The zero-order chi connectivity index (χ0) is 16.8. The van der Waals surface area contributed by atoms with Crippen LogP contribution >= 0.6 is 24.4 Å². The summed E-state index contributed by atoms with van der Waals surface area (Å²) < 4.78 is 0. The van der Waals surface area contributed by atoms with Crippen LogP contribution in [-0.4, -0.2) is 21.1 Å². The number of rotatable bonds is 2. The van der Waals surface area contributed by atoms with E-state index in [9.17, 15) is 4.79 Å². The maximum atomic E-state index is 11.0. The number of aromatic carboxylic acids is 1. The van der Waals surface area contributed by atoms with Gasteiger partial charge < -0.3 is 5.11 Å². The Balaban J connectivity index is 1.89. The van der Waals surface area contributed by atoms with E-state index in [2.05, 4.69) is 0 Å². The monoisotopic (exact) mass is 349 g/mol. The van der Waals surface area contributed by atoms with E-state index in [4.69, 9.17) is 29.5 Å². The normalized spacial score (nSPS) is 13.4. The van der Waals surface area contributed by atoms with E-state index in [1.807, 2.05) is 41.3 Å². The van der Waals surface area contributed by atoms with Crippen LogP contribution in [0.1, 0.15) is 21.5 Å². The highest BCUT2D eigenvalue weighted by atomic mass is 32.1. The summed E-state index contributed by atoms with van der Waals surface area (Å²) in [5, 5.41) is 11.2. The number of carboxylic acid groups (broad SMARTS) is 1. The van der Waals surface area contributed by atoms with E-state index in [1.165, 1.54) is 0 Å². The summed E-state index contributed by atoms with van der Waals surface area (Å²) in [6.07, 6.45) is 0. The summed E-state index contributed by atoms with van der Waals surface area (Å²) in [4.78, 5) is 14.1. The molecule has 0 amide bonds. The molecule has 3 nitrogen and oxygen atoms in total. The number of nitrogens with zero attached hydrogens (tertiary/aromatic N) is 1. The van der Waals surface area contributed by atoms with Gasteiger partial charge in [-0.1, -0.05) is 60.8 Å². The van der Waals surface area contributed by atoms with Gasteiger partial charge in [0.2, 0.25) is 0 Å². The van der Waals surface area contributed by atoms with Crippen LogP contribution in [0.25, 0.3) is 10.8 Å². The fourth-order valence-electron chi connectivity index (χ4n) is 3.02. The summed E-state index contributed by atoms with van der Waals surface area (Å²) in [5.41, 5.74) is 2.93.